The Labute approximate surface area is 190 Å². The van der Waals surface area contributed by atoms with Crippen molar-refractivity contribution >= 4 is 51.5 Å². The van der Waals surface area contributed by atoms with Crippen LogP contribution in [0.5, 0.6) is 0 Å². The first-order chi connectivity index (χ1) is 14.9. The molecule has 2 heterocycles. The minimum Gasteiger partial charge on any atom is -0.348 e. The molecule has 1 atom stereocenters. The highest BCUT2D eigenvalue weighted by atomic mass is 32.2. The molecule has 0 radical (unpaired) electrons. The third-order valence-corrected chi connectivity index (χ3v) is 8.26. The fraction of sp³-hybridized carbons (Fsp3) is 0.348. The van der Waals surface area contributed by atoms with Crippen LogP contribution >= 0.6 is 23.1 Å². The Hall–Kier alpha value is -2.58. The third-order valence-electron chi connectivity index (χ3n) is 5.72. The Morgan fingerprint density at radius 2 is 2.00 bits per heavy atom. The quantitative estimate of drug-likeness (QED) is 0.528. The maximum absolute atomic E-state index is 13.4. The Bertz CT molecular complexity index is 1080. The molecule has 1 aliphatic heterocycles. The molecule has 3 amide bonds. The first kappa shape index (κ1) is 21.6. The van der Waals surface area contributed by atoms with Crippen molar-refractivity contribution in [3.05, 3.63) is 52.9 Å². The van der Waals surface area contributed by atoms with E-state index in [1.807, 2.05) is 24.3 Å². The third kappa shape index (κ3) is 3.78. The average molecular weight is 456 g/mol. The molecule has 0 saturated heterocycles. The van der Waals surface area contributed by atoms with Crippen LogP contribution in [-0.2, 0) is 22.4 Å². The molecule has 162 valence electrons. The van der Waals surface area contributed by atoms with Gasteiger partial charge in [-0.1, -0.05) is 30.0 Å². The maximum Gasteiger partial charge on any atom is 0.254 e. The number of nitrogens with zero attached hydrogens (tertiary/aromatic N) is 1. The number of anilines is 2. The van der Waals surface area contributed by atoms with E-state index < -0.39 is 10.7 Å². The van der Waals surface area contributed by atoms with E-state index in [9.17, 15) is 14.4 Å². The van der Waals surface area contributed by atoms with Crippen LogP contribution in [0.3, 0.4) is 0 Å². The van der Waals surface area contributed by atoms with Gasteiger partial charge in [-0.05, 0) is 50.3 Å². The number of carbonyl (C=O) groups is 3. The molecule has 0 bridgehead atoms. The molecule has 0 spiro atoms. The van der Waals surface area contributed by atoms with Gasteiger partial charge in [0.1, 0.15) is 5.00 Å². The number of aryl methyl sites for hydroxylation is 1. The van der Waals surface area contributed by atoms with E-state index in [0.717, 1.165) is 46.7 Å². The summed E-state index contributed by atoms with van der Waals surface area (Å²) in [4.78, 5) is 43.0. The molecule has 31 heavy (non-hydrogen) atoms. The number of amides is 3. The molecule has 1 aromatic carbocycles. The van der Waals surface area contributed by atoms with Gasteiger partial charge in [-0.15, -0.1) is 17.9 Å². The van der Waals surface area contributed by atoms with Gasteiger partial charge < -0.3 is 15.5 Å². The normalized spacial score (nSPS) is 19.9. The van der Waals surface area contributed by atoms with Gasteiger partial charge in [-0.2, -0.15) is 0 Å². The second kappa shape index (κ2) is 8.51. The lowest BCUT2D eigenvalue weighted by molar-refractivity contribution is -0.128. The van der Waals surface area contributed by atoms with E-state index in [-0.39, 0.29) is 11.8 Å². The predicted octanol–water partition coefficient (Wildman–Crippen LogP) is 4.01. The second-order valence-corrected chi connectivity index (χ2v) is 10.4. The number of hydrogen-bond acceptors (Lipinski definition) is 5. The largest absolute Gasteiger partial charge is 0.348 e. The lowest BCUT2D eigenvalue weighted by atomic mass is 9.95. The molecule has 0 fully saturated rings. The molecule has 6 nitrogen and oxygen atoms in total. The Kier molecular flexibility index (Phi) is 5.94. The molecular weight excluding hydrogens is 430 g/mol. The minimum atomic E-state index is -1.33. The van der Waals surface area contributed by atoms with Gasteiger partial charge in [0.05, 0.1) is 11.3 Å². The van der Waals surface area contributed by atoms with Crippen molar-refractivity contribution in [2.24, 2.45) is 0 Å². The summed E-state index contributed by atoms with van der Waals surface area (Å²) in [6.45, 7) is 5.65. The Morgan fingerprint density at radius 3 is 2.77 bits per heavy atom. The molecule has 2 aromatic rings. The fourth-order valence-corrected chi connectivity index (χ4v) is 6.57. The van der Waals surface area contributed by atoms with Crippen molar-refractivity contribution in [1.82, 2.24) is 5.32 Å². The highest BCUT2D eigenvalue weighted by molar-refractivity contribution is 8.02. The molecule has 2 aliphatic rings. The molecule has 1 unspecified atom stereocenters. The monoisotopic (exact) mass is 455 g/mol. The fourth-order valence-electron chi connectivity index (χ4n) is 4.03. The lowest BCUT2D eigenvalue weighted by Gasteiger charge is -2.36. The van der Waals surface area contributed by atoms with Gasteiger partial charge in [0.25, 0.3) is 17.7 Å². The summed E-state index contributed by atoms with van der Waals surface area (Å²) in [5, 5.41) is 6.30. The van der Waals surface area contributed by atoms with Crippen LogP contribution in [-0.4, -0.2) is 36.1 Å². The van der Waals surface area contributed by atoms with E-state index in [1.54, 1.807) is 20.0 Å². The number of carbonyl (C=O) groups excluding carboxylic acids is 3. The Morgan fingerprint density at radius 1 is 1.26 bits per heavy atom. The predicted molar refractivity (Wildman–Crippen MR) is 126 cm³/mol. The topological polar surface area (TPSA) is 78.5 Å². The Balaban J connectivity index is 1.67. The van der Waals surface area contributed by atoms with Crippen molar-refractivity contribution in [1.29, 1.82) is 0 Å². The van der Waals surface area contributed by atoms with Gasteiger partial charge >= 0.3 is 0 Å². The number of hydrogen-bond donors (Lipinski definition) is 2. The maximum atomic E-state index is 13.4. The smallest absolute Gasteiger partial charge is 0.254 e. The molecular formula is C23H25N3O3S2. The van der Waals surface area contributed by atoms with E-state index in [4.69, 9.17) is 0 Å². The zero-order chi connectivity index (χ0) is 22.2. The lowest BCUT2D eigenvalue weighted by Crippen LogP contribution is -2.53. The van der Waals surface area contributed by atoms with Crippen LogP contribution in [0.4, 0.5) is 10.7 Å². The number of benzene rings is 1. The molecule has 4 rings (SSSR count). The summed E-state index contributed by atoms with van der Waals surface area (Å²) < 4.78 is -1.33. The summed E-state index contributed by atoms with van der Waals surface area (Å²) in [7, 11) is 1.68. The van der Waals surface area contributed by atoms with Crippen LogP contribution in [0.2, 0.25) is 0 Å². The van der Waals surface area contributed by atoms with E-state index in [1.165, 1.54) is 28.0 Å². The zero-order valence-electron chi connectivity index (χ0n) is 17.6. The first-order valence-corrected chi connectivity index (χ1v) is 11.9. The number of para-hydroxylation sites is 1. The van der Waals surface area contributed by atoms with Crippen molar-refractivity contribution in [2.45, 2.75) is 42.2 Å². The minimum absolute atomic E-state index is 0.218. The summed E-state index contributed by atoms with van der Waals surface area (Å²) >= 11 is 2.70. The van der Waals surface area contributed by atoms with Gasteiger partial charge in [-0.3, -0.25) is 14.4 Å². The molecule has 8 heteroatoms. The van der Waals surface area contributed by atoms with Gasteiger partial charge in [0.15, 0.2) is 4.75 Å². The summed E-state index contributed by atoms with van der Waals surface area (Å²) in [5.41, 5.74) is 2.34. The highest BCUT2D eigenvalue weighted by Gasteiger charge is 2.48. The second-order valence-electron chi connectivity index (χ2n) is 7.84. The molecule has 1 aromatic heterocycles. The van der Waals surface area contributed by atoms with Crippen LogP contribution in [0.1, 0.15) is 40.6 Å². The van der Waals surface area contributed by atoms with Crippen molar-refractivity contribution in [2.75, 3.05) is 23.8 Å². The van der Waals surface area contributed by atoms with Crippen LogP contribution in [0, 0.1) is 0 Å². The summed E-state index contributed by atoms with van der Waals surface area (Å²) in [6.07, 6.45) is 5.44. The number of thiophene rings is 1. The number of rotatable bonds is 5. The van der Waals surface area contributed by atoms with Crippen LogP contribution < -0.4 is 15.5 Å². The van der Waals surface area contributed by atoms with Gasteiger partial charge in [0.2, 0.25) is 0 Å². The van der Waals surface area contributed by atoms with Crippen molar-refractivity contribution in [3.63, 3.8) is 0 Å². The van der Waals surface area contributed by atoms with E-state index >= 15 is 0 Å². The summed E-state index contributed by atoms with van der Waals surface area (Å²) in [5.74, 6) is -0.919. The van der Waals surface area contributed by atoms with E-state index in [2.05, 4.69) is 17.2 Å². The standard InChI is InChI=1S/C23H25N3O3S2/c1-4-13-24-19(27)18-14-9-5-7-11-16(14)30-20(18)25-21(28)23(2)22(29)26(3)15-10-6-8-12-17(15)31-23/h4,6,8,10,12H,1,5,7,9,11,13H2,2-3H3,(H,24,27)(H,25,28). The van der Waals surface area contributed by atoms with Crippen molar-refractivity contribution < 1.29 is 14.4 Å². The molecule has 2 N–H and O–H groups in total. The van der Waals surface area contributed by atoms with E-state index in [0.29, 0.717) is 17.1 Å². The SMILES string of the molecule is C=CCNC(=O)c1c(NC(=O)C2(C)Sc3ccccc3N(C)C2=O)sc2c1CCCC2. The summed E-state index contributed by atoms with van der Waals surface area (Å²) in [6, 6.07) is 7.54. The van der Waals surface area contributed by atoms with Crippen molar-refractivity contribution in [3.8, 4) is 0 Å². The van der Waals surface area contributed by atoms with Crippen LogP contribution in [0.15, 0.2) is 41.8 Å². The van der Waals surface area contributed by atoms with Gasteiger partial charge in [-0.25, -0.2) is 0 Å². The molecule has 1 aliphatic carbocycles. The number of nitrogens with one attached hydrogen (secondary N) is 2. The zero-order valence-corrected chi connectivity index (χ0v) is 19.3. The number of fused-ring (bicyclic) bond motifs is 2. The first-order valence-electron chi connectivity index (χ1n) is 10.3. The average Bonchev–Trinajstić information content (AvgIpc) is 3.13. The van der Waals surface area contributed by atoms with Gasteiger partial charge in [0, 0.05) is 23.4 Å². The number of thioether (sulfide) groups is 1. The highest BCUT2D eigenvalue weighted by Crippen LogP contribution is 2.46. The van der Waals surface area contributed by atoms with Crippen LogP contribution in [0.25, 0.3) is 0 Å². The molecule has 0 saturated carbocycles.